The first-order valence-electron chi connectivity index (χ1n) is 7.90. The van der Waals surface area contributed by atoms with Crippen LogP contribution in [0.25, 0.3) is 11.4 Å². The molecule has 1 saturated carbocycles. The molecule has 0 radical (unpaired) electrons. The Balaban J connectivity index is 1.63. The first kappa shape index (κ1) is 16.7. The molecule has 1 aromatic heterocycles. The Morgan fingerprint density at radius 2 is 1.92 bits per heavy atom. The molecule has 3 aromatic rings. The van der Waals surface area contributed by atoms with Gasteiger partial charge in [0.15, 0.2) is 11.0 Å². The normalized spacial score (nSPS) is 14.0. The molecule has 4 rings (SSSR count). The SMILES string of the molecule is Fc1ccc(CSc2nnc(-c3ccccc3F)n2C2CC2)c(Br)c1. The van der Waals surface area contributed by atoms with Gasteiger partial charge in [0, 0.05) is 16.3 Å². The summed E-state index contributed by atoms with van der Waals surface area (Å²) in [4.78, 5) is 0. The van der Waals surface area contributed by atoms with Gasteiger partial charge in [0.2, 0.25) is 0 Å². The van der Waals surface area contributed by atoms with Crippen LogP contribution in [0.5, 0.6) is 0 Å². The van der Waals surface area contributed by atoms with E-state index in [0.717, 1.165) is 28.0 Å². The van der Waals surface area contributed by atoms with Crippen molar-refractivity contribution in [2.45, 2.75) is 29.8 Å². The minimum absolute atomic E-state index is 0.274. The molecule has 1 aliphatic rings. The fraction of sp³-hybridized carbons (Fsp3) is 0.222. The van der Waals surface area contributed by atoms with Crippen molar-refractivity contribution in [2.75, 3.05) is 0 Å². The third-order valence-corrected chi connectivity index (χ3v) is 5.79. The zero-order valence-electron chi connectivity index (χ0n) is 13.1. The molecule has 0 aliphatic heterocycles. The van der Waals surface area contributed by atoms with Gasteiger partial charge in [-0.1, -0.05) is 45.9 Å². The van der Waals surface area contributed by atoms with Crippen LogP contribution >= 0.6 is 27.7 Å². The average Bonchev–Trinajstić information content (AvgIpc) is 3.35. The molecule has 128 valence electrons. The van der Waals surface area contributed by atoms with Crippen LogP contribution in [0.1, 0.15) is 24.4 Å². The van der Waals surface area contributed by atoms with Crippen LogP contribution in [-0.2, 0) is 5.75 Å². The molecule has 25 heavy (non-hydrogen) atoms. The second-order valence-corrected chi connectivity index (χ2v) is 7.71. The average molecular weight is 422 g/mol. The number of nitrogens with zero attached hydrogens (tertiary/aromatic N) is 3. The Kier molecular flexibility index (Phi) is 4.60. The highest BCUT2D eigenvalue weighted by molar-refractivity contribution is 9.10. The monoisotopic (exact) mass is 421 g/mol. The van der Waals surface area contributed by atoms with Crippen molar-refractivity contribution >= 4 is 27.7 Å². The molecule has 0 N–H and O–H groups in total. The Morgan fingerprint density at radius 1 is 1.12 bits per heavy atom. The van der Waals surface area contributed by atoms with Crippen LogP contribution in [0, 0.1) is 11.6 Å². The molecular weight excluding hydrogens is 408 g/mol. The van der Waals surface area contributed by atoms with E-state index in [2.05, 4.69) is 26.1 Å². The van der Waals surface area contributed by atoms with E-state index >= 15 is 0 Å². The summed E-state index contributed by atoms with van der Waals surface area (Å²) in [7, 11) is 0. The first-order chi connectivity index (χ1) is 12.1. The van der Waals surface area contributed by atoms with Crippen LogP contribution < -0.4 is 0 Å². The fourth-order valence-corrected chi connectivity index (χ4v) is 4.33. The van der Waals surface area contributed by atoms with Gasteiger partial charge >= 0.3 is 0 Å². The molecule has 1 heterocycles. The molecule has 0 bridgehead atoms. The first-order valence-corrected chi connectivity index (χ1v) is 9.68. The number of halogens is 3. The molecular formula is C18H14BrF2N3S. The van der Waals surface area contributed by atoms with Crippen molar-refractivity contribution in [3.8, 4) is 11.4 Å². The molecule has 0 atom stereocenters. The van der Waals surface area contributed by atoms with Crippen molar-refractivity contribution in [3.05, 3.63) is 64.1 Å². The van der Waals surface area contributed by atoms with Gasteiger partial charge in [-0.2, -0.15) is 0 Å². The molecule has 0 spiro atoms. The van der Waals surface area contributed by atoms with Crippen molar-refractivity contribution < 1.29 is 8.78 Å². The van der Waals surface area contributed by atoms with Gasteiger partial charge in [-0.3, -0.25) is 4.57 Å². The molecule has 1 aliphatic carbocycles. The third kappa shape index (κ3) is 3.48. The van der Waals surface area contributed by atoms with Gasteiger partial charge < -0.3 is 0 Å². The van der Waals surface area contributed by atoms with E-state index in [9.17, 15) is 8.78 Å². The van der Waals surface area contributed by atoms with Gasteiger partial charge in [0.25, 0.3) is 0 Å². The van der Waals surface area contributed by atoms with Gasteiger partial charge in [0.1, 0.15) is 11.6 Å². The maximum Gasteiger partial charge on any atom is 0.192 e. The highest BCUT2D eigenvalue weighted by atomic mass is 79.9. The van der Waals surface area contributed by atoms with Gasteiger partial charge in [0.05, 0.1) is 5.56 Å². The largest absolute Gasteiger partial charge is 0.299 e. The fourth-order valence-electron chi connectivity index (χ4n) is 2.64. The van der Waals surface area contributed by atoms with E-state index in [-0.39, 0.29) is 11.6 Å². The Bertz CT molecular complexity index is 924. The Morgan fingerprint density at radius 3 is 2.64 bits per heavy atom. The van der Waals surface area contributed by atoms with Gasteiger partial charge in [-0.05, 0) is 42.7 Å². The molecule has 0 amide bonds. The van der Waals surface area contributed by atoms with E-state index in [0.29, 0.717) is 23.2 Å². The van der Waals surface area contributed by atoms with E-state index in [1.54, 1.807) is 24.3 Å². The molecule has 3 nitrogen and oxygen atoms in total. The Hall–Kier alpha value is -1.73. The van der Waals surface area contributed by atoms with Crippen LogP contribution in [0.3, 0.4) is 0 Å². The Labute approximate surface area is 156 Å². The zero-order valence-corrected chi connectivity index (χ0v) is 15.5. The highest BCUT2D eigenvalue weighted by Crippen LogP contribution is 2.42. The maximum atomic E-state index is 14.2. The lowest BCUT2D eigenvalue weighted by atomic mass is 10.2. The van der Waals surface area contributed by atoms with E-state index < -0.39 is 0 Å². The summed E-state index contributed by atoms with van der Waals surface area (Å²) >= 11 is 4.91. The number of benzene rings is 2. The van der Waals surface area contributed by atoms with Crippen molar-refractivity contribution in [1.29, 1.82) is 0 Å². The topological polar surface area (TPSA) is 30.7 Å². The lowest BCUT2D eigenvalue weighted by molar-refractivity contribution is 0.622. The van der Waals surface area contributed by atoms with Crippen LogP contribution in [0.2, 0.25) is 0 Å². The zero-order chi connectivity index (χ0) is 17.4. The third-order valence-electron chi connectivity index (χ3n) is 4.06. The summed E-state index contributed by atoms with van der Waals surface area (Å²) < 4.78 is 30.1. The summed E-state index contributed by atoms with van der Waals surface area (Å²) in [5.41, 5.74) is 1.45. The van der Waals surface area contributed by atoms with Gasteiger partial charge in [-0.15, -0.1) is 10.2 Å². The maximum absolute atomic E-state index is 14.2. The number of thioether (sulfide) groups is 1. The summed E-state index contributed by atoms with van der Waals surface area (Å²) in [5, 5.41) is 9.28. The molecule has 0 saturated heterocycles. The van der Waals surface area contributed by atoms with Gasteiger partial charge in [-0.25, -0.2) is 8.78 Å². The number of rotatable bonds is 5. The predicted molar refractivity (Wildman–Crippen MR) is 97.3 cm³/mol. The standard InChI is InChI=1S/C18H14BrF2N3S/c19-15-9-12(20)6-5-11(15)10-25-18-23-22-17(24(18)13-7-8-13)14-3-1-2-4-16(14)21/h1-6,9,13H,7-8,10H2. The molecule has 0 unspecified atom stereocenters. The summed E-state index contributed by atoms with van der Waals surface area (Å²) in [5.74, 6) is 0.628. The predicted octanol–water partition coefficient (Wildman–Crippen LogP) is 5.61. The van der Waals surface area contributed by atoms with Crippen LogP contribution in [-0.4, -0.2) is 14.8 Å². The minimum Gasteiger partial charge on any atom is -0.299 e. The quantitative estimate of drug-likeness (QED) is 0.501. The second kappa shape index (κ2) is 6.88. The van der Waals surface area contributed by atoms with E-state index in [4.69, 9.17) is 0 Å². The second-order valence-electron chi connectivity index (χ2n) is 5.91. The molecule has 2 aromatic carbocycles. The molecule has 7 heteroatoms. The highest BCUT2D eigenvalue weighted by Gasteiger charge is 2.30. The van der Waals surface area contributed by atoms with E-state index in [1.807, 2.05) is 4.57 Å². The lowest BCUT2D eigenvalue weighted by Gasteiger charge is -2.10. The van der Waals surface area contributed by atoms with Crippen LogP contribution in [0.15, 0.2) is 52.1 Å². The number of hydrogen-bond donors (Lipinski definition) is 0. The molecule has 1 fully saturated rings. The van der Waals surface area contributed by atoms with Crippen molar-refractivity contribution in [3.63, 3.8) is 0 Å². The minimum atomic E-state index is -0.297. The van der Waals surface area contributed by atoms with Crippen molar-refractivity contribution in [2.24, 2.45) is 0 Å². The lowest BCUT2D eigenvalue weighted by Crippen LogP contribution is -2.01. The summed E-state index contributed by atoms with van der Waals surface area (Å²) in [6.45, 7) is 0. The smallest absolute Gasteiger partial charge is 0.192 e. The summed E-state index contributed by atoms with van der Waals surface area (Å²) in [6.07, 6.45) is 2.10. The van der Waals surface area contributed by atoms with Crippen LogP contribution in [0.4, 0.5) is 8.78 Å². The van der Waals surface area contributed by atoms with Crippen molar-refractivity contribution in [1.82, 2.24) is 14.8 Å². The number of aromatic nitrogens is 3. The number of hydrogen-bond acceptors (Lipinski definition) is 3. The van der Waals surface area contributed by atoms with E-state index in [1.165, 1.54) is 30.0 Å². The summed E-state index contributed by atoms with van der Waals surface area (Å²) in [6, 6.07) is 11.6.